The van der Waals surface area contributed by atoms with Crippen molar-refractivity contribution in [2.24, 2.45) is 10.2 Å². The van der Waals surface area contributed by atoms with Crippen molar-refractivity contribution in [2.75, 3.05) is 41.3 Å². The Bertz CT molecular complexity index is 1160. The molecule has 0 aliphatic rings. The molecule has 0 aliphatic carbocycles. The molecule has 32 heavy (non-hydrogen) atoms. The summed E-state index contributed by atoms with van der Waals surface area (Å²) in [7, 11) is -4.23. The number of anilines is 4. The fraction of sp³-hybridized carbons (Fsp3) is 0.200. The highest BCUT2D eigenvalue weighted by Crippen LogP contribution is 2.23. The van der Waals surface area contributed by atoms with Crippen molar-refractivity contribution >= 4 is 44.8 Å². The number of aromatic nitrogens is 2. The highest BCUT2D eigenvalue weighted by Gasteiger charge is 2.08. The molecule has 0 fully saturated rings. The molecule has 6 N–H and O–H groups in total. The second-order valence-electron chi connectivity index (χ2n) is 6.73. The molecule has 0 saturated heterocycles. The van der Waals surface area contributed by atoms with E-state index in [9.17, 15) is 8.42 Å². The topological polar surface area (TPSA) is 172 Å². The summed E-state index contributed by atoms with van der Waals surface area (Å²) in [5.74, 6) is 1.01. The minimum atomic E-state index is -4.23. The zero-order chi connectivity index (χ0) is 23.1. The summed E-state index contributed by atoms with van der Waals surface area (Å²) in [6.07, 6.45) is 0. The standard InChI is InChI=1S/C20H24N8O3S/c1-2-28(12-11-23-19-13-18(21)24-20(22)25-19)16-7-3-14(4-8-16)26-27-15-5-9-17(10-6-15)32(29,30)31/h3-10,13H,2,11-12H2,1H3,(H,29,30,31)(H5,21,22,23,24,25). The van der Waals surface area contributed by atoms with Crippen molar-refractivity contribution in [1.29, 1.82) is 0 Å². The lowest BCUT2D eigenvalue weighted by Gasteiger charge is -2.23. The fourth-order valence-electron chi connectivity index (χ4n) is 2.89. The molecule has 0 atom stereocenters. The molecular formula is C20H24N8O3S. The van der Waals surface area contributed by atoms with Gasteiger partial charge in [-0.1, -0.05) is 0 Å². The molecule has 0 bridgehead atoms. The number of nitrogens with zero attached hydrogens (tertiary/aromatic N) is 5. The van der Waals surface area contributed by atoms with E-state index in [1.165, 1.54) is 24.3 Å². The van der Waals surface area contributed by atoms with Gasteiger partial charge in [-0.25, -0.2) is 0 Å². The Morgan fingerprint density at radius 3 is 2.12 bits per heavy atom. The predicted molar refractivity (Wildman–Crippen MR) is 124 cm³/mol. The first-order valence-electron chi connectivity index (χ1n) is 9.73. The monoisotopic (exact) mass is 456 g/mol. The number of rotatable bonds is 9. The lowest BCUT2D eigenvalue weighted by molar-refractivity contribution is 0.483. The second kappa shape index (κ2) is 10.0. The number of nitrogens with one attached hydrogen (secondary N) is 1. The van der Waals surface area contributed by atoms with E-state index in [0.29, 0.717) is 29.6 Å². The highest BCUT2D eigenvalue weighted by molar-refractivity contribution is 7.85. The molecule has 11 nitrogen and oxygen atoms in total. The van der Waals surface area contributed by atoms with Gasteiger partial charge in [-0.05, 0) is 55.5 Å². The molecule has 0 unspecified atom stereocenters. The van der Waals surface area contributed by atoms with Gasteiger partial charge in [0.15, 0.2) is 0 Å². The molecule has 0 spiro atoms. The summed E-state index contributed by atoms with van der Waals surface area (Å²) >= 11 is 0. The van der Waals surface area contributed by atoms with Crippen LogP contribution in [0.2, 0.25) is 0 Å². The van der Waals surface area contributed by atoms with E-state index in [2.05, 4.69) is 37.3 Å². The van der Waals surface area contributed by atoms with Crippen molar-refractivity contribution in [3.63, 3.8) is 0 Å². The highest BCUT2D eigenvalue weighted by atomic mass is 32.2. The van der Waals surface area contributed by atoms with Crippen LogP contribution in [-0.2, 0) is 10.1 Å². The molecular weight excluding hydrogens is 432 g/mol. The third kappa shape index (κ3) is 6.36. The van der Waals surface area contributed by atoms with Gasteiger partial charge in [-0.2, -0.15) is 28.6 Å². The molecule has 0 radical (unpaired) electrons. The second-order valence-corrected chi connectivity index (χ2v) is 8.15. The third-order valence-corrected chi connectivity index (χ3v) is 5.33. The van der Waals surface area contributed by atoms with E-state index in [4.69, 9.17) is 16.0 Å². The van der Waals surface area contributed by atoms with Gasteiger partial charge in [-0.3, -0.25) is 4.55 Å². The number of nitrogen functional groups attached to an aromatic ring is 2. The molecule has 2 aromatic carbocycles. The average Bonchev–Trinajstić information content (AvgIpc) is 2.75. The normalized spacial score (nSPS) is 11.6. The van der Waals surface area contributed by atoms with Crippen molar-refractivity contribution in [3.8, 4) is 0 Å². The zero-order valence-electron chi connectivity index (χ0n) is 17.4. The van der Waals surface area contributed by atoms with Gasteiger partial charge in [0.05, 0.1) is 16.3 Å². The summed E-state index contributed by atoms with van der Waals surface area (Å²) in [6, 6.07) is 14.7. The summed E-state index contributed by atoms with van der Waals surface area (Å²) in [5, 5.41) is 11.4. The van der Waals surface area contributed by atoms with Crippen LogP contribution < -0.4 is 21.7 Å². The number of azo groups is 1. The van der Waals surface area contributed by atoms with Crippen LogP contribution >= 0.6 is 0 Å². The Hall–Kier alpha value is -3.77. The van der Waals surface area contributed by atoms with E-state index in [1.807, 2.05) is 24.3 Å². The Kier molecular flexibility index (Phi) is 7.18. The van der Waals surface area contributed by atoms with Crippen molar-refractivity contribution < 1.29 is 13.0 Å². The molecule has 0 amide bonds. The van der Waals surface area contributed by atoms with Crippen LogP contribution in [0, 0.1) is 0 Å². The van der Waals surface area contributed by atoms with Gasteiger partial charge < -0.3 is 21.7 Å². The summed E-state index contributed by atoms with van der Waals surface area (Å²) < 4.78 is 31.2. The van der Waals surface area contributed by atoms with Crippen LogP contribution in [0.15, 0.2) is 69.7 Å². The van der Waals surface area contributed by atoms with Gasteiger partial charge in [0.25, 0.3) is 10.1 Å². The summed E-state index contributed by atoms with van der Waals surface area (Å²) in [4.78, 5) is 9.92. The maximum atomic E-state index is 11.1. The van der Waals surface area contributed by atoms with Gasteiger partial charge in [0.2, 0.25) is 5.95 Å². The lowest BCUT2D eigenvalue weighted by atomic mass is 10.2. The Labute approximate surface area is 186 Å². The van der Waals surface area contributed by atoms with Crippen LogP contribution in [0.3, 0.4) is 0 Å². The Morgan fingerprint density at radius 1 is 1.00 bits per heavy atom. The first-order valence-corrected chi connectivity index (χ1v) is 11.2. The van der Waals surface area contributed by atoms with Crippen LogP contribution in [0.1, 0.15) is 6.92 Å². The number of hydrogen-bond donors (Lipinski definition) is 4. The van der Waals surface area contributed by atoms with E-state index >= 15 is 0 Å². The van der Waals surface area contributed by atoms with Gasteiger partial charge >= 0.3 is 0 Å². The van der Waals surface area contributed by atoms with Crippen LogP contribution in [0.4, 0.5) is 34.6 Å². The molecule has 1 aromatic heterocycles. The first-order chi connectivity index (χ1) is 15.2. The molecule has 1 heterocycles. The Morgan fingerprint density at radius 2 is 1.59 bits per heavy atom. The van der Waals surface area contributed by atoms with Crippen LogP contribution in [-0.4, -0.2) is 42.6 Å². The first kappa shape index (κ1) is 22.9. The maximum Gasteiger partial charge on any atom is 0.294 e. The van der Waals surface area contributed by atoms with Crippen molar-refractivity contribution in [1.82, 2.24) is 9.97 Å². The van der Waals surface area contributed by atoms with E-state index in [-0.39, 0.29) is 10.8 Å². The largest absolute Gasteiger partial charge is 0.383 e. The van der Waals surface area contributed by atoms with Gasteiger partial charge in [0.1, 0.15) is 11.6 Å². The van der Waals surface area contributed by atoms with Gasteiger partial charge in [-0.15, -0.1) is 0 Å². The quantitative estimate of drug-likeness (QED) is 0.278. The number of hydrogen-bond acceptors (Lipinski definition) is 10. The lowest BCUT2D eigenvalue weighted by Crippen LogP contribution is -2.28. The Balaban J connectivity index is 1.58. The van der Waals surface area contributed by atoms with E-state index < -0.39 is 10.1 Å². The van der Waals surface area contributed by atoms with E-state index in [1.54, 1.807) is 6.07 Å². The molecule has 168 valence electrons. The minimum Gasteiger partial charge on any atom is -0.383 e. The molecule has 0 saturated carbocycles. The third-order valence-electron chi connectivity index (χ3n) is 4.46. The smallest absolute Gasteiger partial charge is 0.294 e. The summed E-state index contributed by atoms with van der Waals surface area (Å²) in [5.41, 5.74) is 13.4. The SMILES string of the molecule is CCN(CCNc1cc(N)nc(N)n1)c1ccc(N=Nc2ccc(S(=O)(=O)O)cc2)cc1. The number of benzene rings is 2. The maximum absolute atomic E-state index is 11.1. The van der Waals surface area contributed by atoms with Gasteiger partial charge in [0, 0.05) is 31.4 Å². The zero-order valence-corrected chi connectivity index (χ0v) is 18.2. The van der Waals surface area contributed by atoms with E-state index in [0.717, 1.165) is 18.8 Å². The molecule has 0 aliphatic heterocycles. The number of likely N-dealkylation sites (N-methyl/N-ethyl adjacent to an activating group) is 1. The minimum absolute atomic E-state index is 0.124. The molecule has 12 heteroatoms. The fourth-order valence-corrected chi connectivity index (χ4v) is 3.37. The van der Waals surface area contributed by atoms with Crippen LogP contribution in [0.25, 0.3) is 0 Å². The number of nitrogens with two attached hydrogens (primary N) is 2. The van der Waals surface area contributed by atoms with Crippen molar-refractivity contribution in [2.45, 2.75) is 11.8 Å². The predicted octanol–water partition coefficient (Wildman–Crippen LogP) is 3.24. The average molecular weight is 457 g/mol. The van der Waals surface area contributed by atoms with Crippen LogP contribution in [0.5, 0.6) is 0 Å². The molecule has 3 rings (SSSR count). The molecule has 3 aromatic rings. The van der Waals surface area contributed by atoms with Crippen molar-refractivity contribution in [3.05, 3.63) is 54.6 Å². The summed E-state index contributed by atoms with van der Waals surface area (Å²) in [6.45, 7) is 4.22.